The van der Waals surface area contributed by atoms with Gasteiger partial charge in [-0.25, -0.2) is 4.98 Å². The molecule has 0 saturated heterocycles. The van der Waals surface area contributed by atoms with Gasteiger partial charge in [0.25, 0.3) is 0 Å². The smallest absolute Gasteiger partial charge is 0.158 e. The molecule has 2 aromatic heterocycles. The van der Waals surface area contributed by atoms with Crippen molar-refractivity contribution in [2.45, 2.75) is 6.54 Å². The highest BCUT2D eigenvalue weighted by Crippen LogP contribution is 2.11. The van der Waals surface area contributed by atoms with Crippen LogP contribution in [-0.4, -0.2) is 40.0 Å². The molecule has 0 aliphatic heterocycles. The van der Waals surface area contributed by atoms with E-state index in [1.807, 2.05) is 25.5 Å². The highest BCUT2D eigenvalue weighted by molar-refractivity contribution is 5.48. The van der Waals surface area contributed by atoms with Crippen LogP contribution in [0, 0.1) is 0 Å². The van der Waals surface area contributed by atoms with E-state index in [1.165, 1.54) is 0 Å². The Labute approximate surface area is 100 Å². The van der Waals surface area contributed by atoms with Crippen molar-refractivity contribution in [3.8, 4) is 11.5 Å². The van der Waals surface area contributed by atoms with Crippen LogP contribution in [-0.2, 0) is 18.3 Å². The fraction of sp³-hybridized carbons (Fsp3) is 0.455. The molecular weight excluding hydrogens is 218 g/mol. The van der Waals surface area contributed by atoms with Crippen LogP contribution in [0.15, 0.2) is 18.5 Å². The van der Waals surface area contributed by atoms with E-state index in [9.17, 15) is 0 Å². The predicted octanol–water partition coefficient (Wildman–Crippen LogP) is 0.546. The maximum absolute atomic E-state index is 4.96. The summed E-state index contributed by atoms with van der Waals surface area (Å²) in [5.41, 5.74) is 1.90. The quantitative estimate of drug-likeness (QED) is 0.717. The molecule has 0 fully saturated rings. The Kier molecular flexibility index (Phi) is 3.89. The second-order valence-electron chi connectivity index (χ2n) is 3.80. The number of nitrogens with zero attached hydrogens (tertiary/aromatic N) is 3. The first kappa shape index (κ1) is 11.8. The number of aromatic nitrogens is 4. The molecule has 0 saturated carbocycles. The van der Waals surface area contributed by atoms with Crippen molar-refractivity contribution in [1.29, 1.82) is 0 Å². The molecule has 6 nitrogen and oxygen atoms in total. The molecule has 2 aromatic rings. The number of ether oxygens (including phenoxy) is 1. The highest BCUT2D eigenvalue weighted by atomic mass is 16.5. The summed E-state index contributed by atoms with van der Waals surface area (Å²) < 4.78 is 6.71. The Hall–Kier alpha value is -1.66. The number of nitrogens with one attached hydrogen (secondary N) is 2. The molecule has 2 N–H and O–H groups in total. The van der Waals surface area contributed by atoms with Crippen LogP contribution in [0.4, 0.5) is 0 Å². The van der Waals surface area contributed by atoms with E-state index in [0.29, 0.717) is 6.61 Å². The average Bonchev–Trinajstić information content (AvgIpc) is 2.93. The Bertz CT molecular complexity index is 462. The van der Waals surface area contributed by atoms with Crippen molar-refractivity contribution in [2.75, 3.05) is 20.3 Å². The Balaban J connectivity index is 1.92. The van der Waals surface area contributed by atoms with Crippen LogP contribution in [0.3, 0.4) is 0 Å². The number of methoxy groups -OCH3 is 1. The third-order valence-electron chi connectivity index (χ3n) is 2.38. The van der Waals surface area contributed by atoms with E-state index >= 15 is 0 Å². The number of rotatable bonds is 6. The standard InChI is InChI=1S/C11H17N5O/c1-16-5-3-10(15-16)11-13-8-9(14-11)7-12-4-6-17-2/h3,5,8,12H,4,6-7H2,1-2H3,(H,13,14). The van der Waals surface area contributed by atoms with Crippen LogP contribution < -0.4 is 5.32 Å². The SMILES string of the molecule is COCCNCc1cnc(-c2ccn(C)n2)[nH]1. The molecule has 0 aromatic carbocycles. The largest absolute Gasteiger partial charge is 0.383 e. The molecule has 0 unspecified atom stereocenters. The summed E-state index contributed by atoms with van der Waals surface area (Å²) in [5, 5.41) is 7.54. The fourth-order valence-electron chi connectivity index (χ4n) is 1.52. The molecule has 2 heterocycles. The lowest BCUT2D eigenvalue weighted by Crippen LogP contribution is -2.18. The van der Waals surface area contributed by atoms with Gasteiger partial charge in [-0.3, -0.25) is 4.68 Å². The Morgan fingerprint density at radius 2 is 2.41 bits per heavy atom. The molecule has 0 aliphatic carbocycles. The monoisotopic (exact) mass is 235 g/mol. The lowest BCUT2D eigenvalue weighted by molar-refractivity contribution is 0.199. The van der Waals surface area contributed by atoms with Crippen molar-refractivity contribution in [2.24, 2.45) is 7.05 Å². The Morgan fingerprint density at radius 3 is 3.12 bits per heavy atom. The van der Waals surface area contributed by atoms with Crippen molar-refractivity contribution in [3.05, 3.63) is 24.2 Å². The fourth-order valence-corrected chi connectivity index (χ4v) is 1.52. The van der Waals surface area contributed by atoms with Crippen molar-refractivity contribution in [3.63, 3.8) is 0 Å². The highest BCUT2D eigenvalue weighted by Gasteiger charge is 2.05. The van der Waals surface area contributed by atoms with Crippen LogP contribution in [0.2, 0.25) is 0 Å². The molecule has 0 spiro atoms. The first-order valence-corrected chi connectivity index (χ1v) is 5.53. The van der Waals surface area contributed by atoms with Crippen molar-refractivity contribution in [1.82, 2.24) is 25.1 Å². The number of aromatic amines is 1. The third kappa shape index (κ3) is 3.15. The van der Waals surface area contributed by atoms with Crippen molar-refractivity contribution >= 4 is 0 Å². The van der Waals surface area contributed by atoms with Crippen molar-refractivity contribution < 1.29 is 4.74 Å². The van der Waals surface area contributed by atoms with E-state index in [1.54, 1.807) is 11.8 Å². The van der Waals surface area contributed by atoms with E-state index in [2.05, 4.69) is 20.4 Å². The van der Waals surface area contributed by atoms with Crippen LogP contribution in [0.1, 0.15) is 5.69 Å². The van der Waals surface area contributed by atoms with Gasteiger partial charge in [0.05, 0.1) is 12.8 Å². The van der Waals surface area contributed by atoms with Gasteiger partial charge in [-0.15, -0.1) is 0 Å². The summed E-state index contributed by atoms with van der Waals surface area (Å²) in [6, 6.07) is 1.93. The number of H-pyrrole nitrogens is 1. The van der Waals surface area contributed by atoms with Gasteiger partial charge in [-0.05, 0) is 6.07 Å². The topological polar surface area (TPSA) is 67.8 Å². The molecule has 0 amide bonds. The summed E-state index contributed by atoms with van der Waals surface area (Å²) in [4.78, 5) is 7.53. The maximum atomic E-state index is 4.96. The van der Waals surface area contributed by atoms with E-state index in [4.69, 9.17) is 4.74 Å². The van der Waals surface area contributed by atoms with Gasteiger partial charge >= 0.3 is 0 Å². The normalized spacial score (nSPS) is 10.9. The van der Waals surface area contributed by atoms with Crippen LogP contribution in [0.5, 0.6) is 0 Å². The second-order valence-corrected chi connectivity index (χ2v) is 3.80. The first-order chi connectivity index (χ1) is 8.29. The molecule has 6 heteroatoms. The van der Waals surface area contributed by atoms with E-state index < -0.39 is 0 Å². The molecule has 0 atom stereocenters. The summed E-state index contributed by atoms with van der Waals surface area (Å²) in [6.07, 6.45) is 3.72. The van der Waals surface area contributed by atoms with Gasteiger partial charge in [0.15, 0.2) is 5.82 Å². The third-order valence-corrected chi connectivity index (χ3v) is 2.38. The number of aryl methyl sites for hydroxylation is 1. The Morgan fingerprint density at radius 1 is 1.53 bits per heavy atom. The van der Waals surface area contributed by atoms with E-state index in [0.717, 1.165) is 30.3 Å². The molecule has 2 rings (SSSR count). The van der Waals surface area contributed by atoms with Gasteiger partial charge in [0, 0.05) is 39.1 Å². The van der Waals surface area contributed by atoms with Gasteiger partial charge in [0.1, 0.15) is 5.69 Å². The molecule has 0 bridgehead atoms. The second kappa shape index (κ2) is 5.60. The average molecular weight is 235 g/mol. The van der Waals surface area contributed by atoms with Gasteiger partial charge in [-0.1, -0.05) is 0 Å². The van der Waals surface area contributed by atoms with E-state index in [-0.39, 0.29) is 0 Å². The lowest BCUT2D eigenvalue weighted by atomic mass is 10.4. The first-order valence-electron chi connectivity index (χ1n) is 5.53. The van der Waals surface area contributed by atoms with Gasteiger partial charge < -0.3 is 15.0 Å². The van der Waals surface area contributed by atoms with Gasteiger partial charge in [-0.2, -0.15) is 5.10 Å². The number of imidazole rings is 1. The molecule has 17 heavy (non-hydrogen) atoms. The molecular formula is C11H17N5O. The zero-order valence-corrected chi connectivity index (χ0v) is 10.1. The molecule has 0 radical (unpaired) electrons. The minimum absolute atomic E-state index is 0.710. The maximum Gasteiger partial charge on any atom is 0.158 e. The number of hydrogen-bond donors (Lipinski definition) is 2. The summed E-state index contributed by atoms with van der Waals surface area (Å²) in [5.74, 6) is 0.800. The minimum atomic E-state index is 0.710. The summed E-state index contributed by atoms with van der Waals surface area (Å²) in [6.45, 7) is 2.29. The predicted molar refractivity (Wildman–Crippen MR) is 64.4 cm³/mol. The lowest BCUT2D eigenvalue weighted by Gasteiger charge is -2.00. The molecule has 92 valence electrons. The molecule has 0 aliphatic rings. The van der Waals surface area contributed by atoms with Crippen LogP contribution in [0.25, 0.3) is 11.5 Å². The van der Waals surface area contributed by atoms with Crippen LogP contribution >= 0.6 is 0 Å². The zero-order valence-electron chi connectivity index (χ0n) is 10.1. The zero-order chi connectivity index (χ0) is 12.1. The summed E-state index contributed by atoms with van der Waals surface area (Å²) >= 11 is 0. The minimum Gasteiger partial charge on any atom is -0.383 e. The number of hydrogen-bond acceptors (Lipinski definition) is 4. The van der Waals surface area contributed by atoms with Gasteiger partial charge in [0.2, 0.25) is 0 Å². The summed E-state index contributed by atoms with van der Waals surface area (Å²) in [7, 11) is 3.58.